The summed E-state index contributed by atoms with van der Waals surface area (Å²) in [5.74, 6) is 1.22. The number of rotatable bonds is 7. The molecule has 2 saturated carbocycles. The largest absolute Gasteiger partial charge is 0.419 e. The lowest BCUT2D eigenvalue weighted by molar-refractivity contribution is 0.0716. The number of amides is 1. The Hall–Kier alpha value is -3.26. The Morgan fingerprint density at radius 3 is 2.62 bits per heavy atom. The van der Waals surface area contributed by atoms with Crippen molar-refractivity contribution in [3.8, 4) is 11.5 Å². The highest BCUT2D eigenvalue weighted by Crippen LogP contribution is 2.41. The van der Waals surface area contributed by atoms with E-state index in [0.717, 1.165) is 48.0 Å². The summed E-state index contributed by atoms with van der Waals surface area (Å²) in [6, 6.07) is 9.54. The molecule has 8 nitrogen and oxygen atoms in total. The molecule has 0 saturated heterocycles. The predicted molar refractivity (Wildman–Crippen MR) is 128 cm³/mol. The molecule has 0 atom stereocenters. The van der Waals surface area contributed by atoms with Crippen LogP contribution < -0.4 is 0 Å². The first kappa shape index (κ1) is 21.3. The molecule has 9 heteroatoms. The van der Waals surface area contributed by atoms with Crippen molar-refractivity contribution in [3.05, 3.63) is 58.7 Å². The molecule has 0 unspecified atom stereocenters. The van der Waals surface area contributed by atoms with Crippen molar-refractivity contribution in [1.82, 2.24) is 29.9 Å². The first-order valence-corrected chi connectivity index (χ1v) is 12.1. The molecule has 0 radical (unpaired) electrons. The average molecular weight is 477 g/mol. The van der Waals surface area contributed by atoms with Gasteiger partial charge in [-0.1, -0.05) is 11.6 Å². The van der Waals surface area contributed by atoms with Crippen LogP contribution in [0.2, 0.25) is 5.02 Å². The molecule has 6 rings (SSSR count). The topological polar surface area (TPSA) is 89.9 Å². The molecule has 0 spiro atoms. The maximum Gasteiger partial charge on any atom is 0.255 e. The van der Waals surface area contributed by atoms with Crippen LogP contribution in [0.1, 0.15) is 73.4 Å². The third-order valence-corrected chi connectivity index (χ3v) is 6.67. The number of nitrogens with zero attached hydrogens (tertiary/aromatic N) is 6. The van der Waals surface area contributed by atoms with Gasteiger partial charge in [-0.05, 0) is 69.9 Å². The van der Waals surface area contributed by atoms with Gasteiger partial charge in [-0.2, -0.15) is 5.10 Å². The Labute approximate surface area is 201 Å². The molecule has 0 N–H and O–H groups in total. The Kier molecular flexibility index (Phi) is 5.13. The molecule has 1 amide bonds. The maximum absolute atomic E-state index is 13.9. The zero-order valence-corrected chi connectivity index (χ0v) is 19.9. The van der Waals surface area contributed by atoms with Gasteiger partial charge in [-0.15, -0.1) is 10.2 Å². The Balaban J connectivity index is 1.33. The third kappa shape index (κ3) is 3.96. The molecule has 0 aliphatic heterocycles. The average Bonchev–Trinajstić information content (AvgIpc) is 3.76. The predicted octanol–water partition coefficient (Wildman–Crippen LogP) is 5.40. The van der Waals surface area contributed by atoms with E-state index in [-0.39, 0.29) is 24.5 Å². The second-order valence-corrected chi connectivity index (χ2v) is 9.90. The van der Waals surface area contributed by atoms with E-state index in [4.69, 9.17) is 21.0 Å². The monoisotopic (exact) mass is 476 g/mol. The fraction of sp³-hybridized carbons (Fsp3) is 0.400. The Morgan fingerprint density at radius 2 is 1.94 bits per heavy atom. The Morgan fingerprint density at radius 1 is 1.18 bits per heavy atom. The minimum Gasteiger partial charge on any atom is -0.419 e. The molecule has 2 fully saturated rings. The first-order valence-electron chi connectivity index (χ1n) is 11.8. The molecule has 0 bridgehead atoms. The number of halogens is 1. The number of aromatic nitrogens is 5. The molecule has 3 heterocycles. The van der Waals surface area contributed by atoms with Gasteiger partial charge in [-0.25, -0.2) is 9.67 Å². The van der Waals surface area contributed by atoms with Crippen molar-refractivity contribution in [2.45, 2.75) is 64.1 Å². The van der Waals surface area contributed by atoms with Crippen LogP contribution in [0.4, 0.5) is 0 Å². The second-order valence-electron chi connectivity index (χ2n) is 9.46. The number of benzene rings is 1. The van der Waals surface area contributed by atoms with Crippen molar-refractivity contribution < 1.29 is 9.21 Å². The van der Waals surface area contributed by atoms with Gasteiger partial charge < -0.3 is 9.32 Å². The van der Waals surface area contributed by atoms with Crippen LogP contribution in [0.15, 0.2) is 40.9 Å². The van der Waals surface area contributed by atoms with Crippen molar-refractivity contribution in [3.63, 3.8) is 0 Å². The summed E-state index contributed by atoms with van der Waals surface area (Å²) in [6.45, 7) is 4.42. The molecule has 1 aromatic carbocycles. The van der Waals surface area contributed by atoms with Crippen molar-refractivity contribution in [1.29, 1.82) is 0 Å². The zero-order valence-electron chi connectivity index (χ0n) is 19.1. The summed E-state index contributed by atoms with van der Waals surface area (Å²) in [5.41, 5.74) is 3.21. The van der Waals surface area contributed by atoms with Crippen LogP contribution in [-0.2, 0) is 6.54 Å². The van der Waals surface area contributed by atoms with Crippen LogP contribution in [0.25, 0.3) is 22.5 Å². The number of fused-ring (bicyclic) bond motifs is 1. The van der Waals surface area contributed by atoms with E-state index in [9.17, 15) is 4.79 Å². The molecule has 3 aromatic heterocycles. The number of hydrogen-bond acceptors (Lipinski definition) is 6. The van der Waals surface area contributed by atoms with E-state index in [2.05, 4.69) is 29.1 Å². The molecule has 174 valence electrons. The smallest absolute Gasteiger partial charge is 0.255 e. The van der Waals surface area contributed by atoms with Gasteiger partial charge in [0.1, 0.15) is 0 Å². The molecule has 34 heavy (non-hydrogen) atoms. The van der Waals surface area contributed by atoms with Crippen LogP contribution in [0.3, 0.4) is 0 Å². The molecular weight excluding hydrogens is 452 g/mol. The van der Waals surface area contributed by atoms with Crippen molar-refractivity contribution >= 4 is 28.5 Å². The van der Waals surface area contributed by atoms with E-state index in [1.165, 1.54) is 0 Å². The molecule has 2 aliphatic carbocycles. The van der Waals surface area contributed by atoms with Gasteiger partial charge in [-0.3, -0.25) is 4.79 Å². The lowest BCUT2D eigenvalue weighted by Gasteiger charge is -2.21. The van der Waals surface area contributed by atoms with E-state index in [0.29, 0.717) is 28.3 Å². The van der Waals surface area contributed by atoms with E-state index < -0.39 is 0 Å². The third-order valence-electron chi connectivity index (χ3n) is 6.41. The Bertz CT molecular complexity index is 1370. The van der Waals surface area contributed by atoms with Gasteiger partial charge >= 0.3 is 0 Å². The summed E-state index contributed by atoms with van der Waals surface area (Å²) in [6.07, 6.45) is 5.94. The van der Waals surface area contributed by atoms with Gasteiger partial charge in [0.25, 0.3) is 5.91 Å². The van der Waals surface area contributed by atoms with Gasteiger partial charge in [0.15, 0.2) is 5.65 Å². The van der Waals surface area contributed by atoms with Gasteiger partial charge in [0.2, 0.25) is 11.8 Å². The summed E-state index contributed by atoms with van der Waals surface area (Å²) in [5, 5.41) is 14.4. The van der Waals surface area contributed by atoms with E-state index >= 15 is 0 Å². The number of pyridine rings is 1. The van der Waals surface area contributed by atoms with Crippen molar-refractivity contribution in [2.24, 2.45) is 0 Å². The van der Waals surface area contributed by atoms with Crippen LogP contribution in [-0.4, -0.2) is 41.8 Å². The highest BCUT2D eigenvalue weighted by atomic mass is 35.5. The van der Waals surface area contributed by atoms with Crippen molar-refractivity contribution in [2.75, 3.05) is 0 Å². The van der Waals surface area contributed by atoms with Crippen LogP contribution >= 0.6 is 11.6 Å². The lowest BCUT2D eigenvalue weighted by atomic mass is 10.1. The summed E-state index contributed by atoms with van der Waals surface area (Å²) in [4.78, 5) is 20.6. The second kappa shape index (κ2) is 8.20. The molecular formula is C25H25ClN6O2. The normalized spacial score (nSPS) is 15.9. The fourth-order valence-electron chi connectivity index (χ4n) is 4.26. The quantitative estimate of drug-likeness (QED) is 0.355. The van der Waals surface area contributed by atoms with Crippen LogP contribution in [0.5, 0.6) is 0 Å². The highest BCUT2D eigenvalue weighted by molar-refractivity contribution is 6.30. The summed E-state index contributed by atoms with van der Waals surface area (Å²) >= 11 is 5.98. The minimum absolute atomic E-state index is 0.0358. The number of hydrogen-bond donors (Lipinski definition) is 0. The highest BCUT2D eigenvalue weighted by Gasteiger charge is 2.36. The molecule has 4 aromatic rings. The molecule has 2 aliphatic rings. The number of carbonyl (C=O) groups excluding carboxylic acids is 1. The lowest BCUT2D eigenvalue weighted by Crippen LogP contribution is -2.33. The summed E-state index contributed by atoms with van der Waals surface area (Å²) < 4.78 is 7.81. The van der Waals surface area contributed by atoms with Gasteiger partial charge in [0.05, 0.1) is 23.7 Å². The van der Waals surface area contributed by atoms with Crippen LogP contribution in [0, 0.1) is 0 Å². The maximum atomic E-state index is 13.9. The summed E-state index contributed by atoms with van der Waals surface area (Å²) in [7, 11) is 0. The standard InChI is InChI=1S/C25H25ClN6O2/c1-14(2)32-23-20(12-27-32)19(11-21(28-23)15-3-4-15)25(33)31(18-9-10-18)13-22-29-30-24(34-22)16-5-7-17(26)8-6-16/h5-8,11-12,14-15,18H,3-4,9-10,13H2,1-2H3. The first-order chi connectivity index (χ1) is 16.5. The van der Waals surface area contributed by atoms with Gasteiger partial charge in [0, 0.05) is 34.3 Å². The number of carbonyl (C=O) groups is 1. The minimum atomic E-state index is -0.0358. The zero-order chi connectivity index (χ0) is 23.4. The fourth-order valence-corrected chi connectivity index (χ4v) is 4.39. The van der Waals surface area contributed by atoms with E-state index in [1.54, 1.807) is 18.3 Å². The van der Waals surface area contributed by atoms with E-state index in [1.807, 2.05) is 27.8 Å². The SMILES string of the molecule is CC(C)n1ncc2c(C(=O)N(Cc3nnc(-c4ccc(Cl)cc4)o3)C3CC3)cc(C3CC3)nc21.